The Labute approximate surface area is 165 Å². The quantitative estimate of drug-likeness (QED) is 0.512. The molecule has 1 aliphatic heterocycles. The van der Waals surface area contributed by atoms with E-state index in [1.807, 2.05) is 0 Å². The Hall–Kier alpha value is -1.24. The van der Waals surface area contributed by atoms with Crippen molar-refractivity contribution in [2.75, 3.05) is 0 Å². The highest BCUT2D eigenvalue weighted by Crippen LogP contribution is 2.39. The van der Waals surface area contributed by atoms with Crippen molar-refractivity contribution in [2.24, 2.45) is 0 Å². The van der Waals surface area contributed by atoms with Gasteiger partial charge in [-0.2, -0.15) is 16.8 Å². The molecule has 0 radical (unpaired) electrons. The van der Waals surface area contributed by atoms with Gasteiger partial charge in [0.25, 0.3) is 0 Å². The molecule has 0 aromatic heterocycles. The molecule has 12 heteroatoms. The first kappa shape index (κ1) is 23.0. The standard InChI is InChI=1S/C16H23BF2O7S2/c1-9-12(8-27(18,20)21)10(2)14(24-28(19,22)23)11(3)13(9)17-25-15(4,5)16(6,7)26-17/h8H2,1-7H3. The van der Waals surface area contributed by atoms with Gasteiger partial charge < -0.3 is 13.5 Å². The summed E-state index contributed by atoms with van der Waals surface area (Å²) in [4.78, 5) is 0. The third kappa shape index (κ3) is 4.50. The van der Waals surface area contributed by atoms with Crippen LogP contribution in [0.25, 0.3) is 0 Å². The van der Waals surface area contributed by atoms with Crippen LogP contribution in [0.3, 0.4) is 0 Å². The fraction of sp³-hybridized carbons (Fsp3) is 0.625. The zero-order valence-corrected chi connectivity index (χ0v) is 18.3. The maximum atomic E-state index is 13.4. The van der Waals surface area contributed by atoms with Crippen molar-refractivity contribution >= 4 is 33.3 Å². The Kier molecular flexibility index (Phi) is 5.70. The average Bonchev–Trinajstić information content (AvgIpc) is 2.66. The molecule has 158 valence electrons. The van der Waals surface area contributed by atoms with E-state index < -0.39 is 50.6 Å². The SMILES string of the molecule is Cc1c(CS(=O)(=O)F)c(C)c(B2OC(C)(C)C(C)(C)O2)c(C)c1OS(=O)(=O)F. The summed E-state index contributed by atoms with van der Waals surface area (Å²) in [6, 6.07) is 0. The average molecular weight is 440 g/mol. The minimum atomic E-state index is -5.41. The predicted octanol–water partition coefficient (Wildman–Crippen LogP) is 2.30. The lowest BCUT2D eigenvalue weighted by Gasteiger charge is -2.32. The van der Waals surface area contributed by atoms with Gasteiger partial charge in [0.2, 0.25) is 0 Å². The van der Waals surface area contributed by atoms with Gasteiger partial charge in [-0.05, 0) is 76.2 Å². The summed E-state index contributed by atoms with van der Waals surface area (Å²) in [6.07, 6.45) is 0. The van der Waals surface area contributed by atoms with Gasteiger partial charge in [-0.1, -0.05) is 3.89 Å². The molecule has 1 heterocycles. The third-order valence-corrected chi connectivity index (χ3v) is 6.38. The Morgan fingerprint density at radius 3 is 1.75 bits per heavy atom. The van der Waals surface area contributed by atoms with Crippen LogP contribution < -0.4 is 9.65 Å². The molecule has 2 rings (SSSR count). The van der Waals surface area contributed by atoms with Crippen molar-refractivity contribution in [3.8, 4) is 5.75 Å². The summed E-state index contributed by atoms with van der Waals surface area (Å²) in [5.41, 5.74) is -0.758. The summed E-state index contributed by atoms with van der Waals surface area (Å²) in [5.74, 6) is -1.45. The van der Waals surface area contributed by atoms with E-state index in [-0.39, 0.29) is 22.2 Å². The van der Waals surface area contributed by atoms with Gasteiger partial charge in [-0.15, -0.1) is 3.89 Å². The van der Waals surface area contributed by atoms with Crippen LogP contribution in [0.2, 0.25) is 0 Å². The molecule has 1 fully saturated rings. The summed E-state index contributed by atoms with van der Waals surface area (Å²) >= 11 is 0. The molecule has 28 heavy (non-hydrogen) atoms. The van der Waals surface area contributed by atoms with Gasteiger partial charge >= 0.3 is 27.8 Å². The Balaban J connectivity index is 2.78. The molecule has 0 unspecified atom stereocenters. The highest BCUT2D eigenvalue weighted by molar-refractivity contribution is 7.85. The van der Waals surface area contributed by atoms with Crippen molar-refractivity contribution in [1.82, 2.24) is 0 Å². The number of halogens is 2. The van der Waals surface area contributed by atoms with Crippen LogP contribution in [0.1, 0.15) is 49.9 Å². The van der Waals surface area contributed by atoms with Crippen molar-refractivity contribution in [1.29, 1.82) is 0 Å². The van der Waals surface area contributed by atoms with Crippen LogP contribution in [0.5, 0.6) is 5.75 Å². The maximum Gasteiger partial charge on any atom is 0.495 e. The van der Waals surface area contributed by atoms with Gasteiger partial charge in [0, 0.05) is 0 Å². The number of hydrogen-bond acceptors (Lipinski definition) is 7. The van der Waals surface area contributed by atoms with Gasteiger partial charge in [0.05, 0.1) is 11.2 Å². The summed E-state index contributed by atoms with van der Waals surface area (Å²) in [7, 11) is -11.4. The lowest BCUT2D eigenvalue weighted by Crippen LogP contribution is -2.41. The monoisotopic (exact) mass is 440 g/mol. The van der Waals surface area contributed by atoms with Crippen LogP contribution in [0, 0.1) is 20.8 Å². The van der Waals surface area contributed by atoms with E-state index in [1.54, 1.807) is 27.7 Å². The van der Waals surface area contributed by atoms with E-state index in [0.29, 0.717) is 5.56 Å². The molecular weight excluding hydrogens is 417 g/mol. The van der Waals surface area contributed by atoms with Crippen molar-refractivity contribution in [2.45, 2.75) is 65.4 Å². The lowest BCUT2D eigenvalue weighted by atomic mass is 9.71. The normalized spacial score (nSPS) is 19.1. The number of benzene rings is 1. The second-order valence-electron chi connectivity index (χ2n) is 7.84. The van der Waals surface area contributed by atoms with E-state index >= 15 is 0 Å². The highest BCUT2D eigenvalue weighted by Gasteiger charge is 2.53. The maximum absolute atomic E-state index is 13.4. The lowest BCUT2D eigenvalue weighted by molar-refractivity contribution is 0.00578. The molecule has 1 aliphatic rings. The minimum Gasteiger partial charge on any atom is -0.399 e. The molecule has 0 saturated carbocycles. The molecular formula is C16H23BF2O7S2. The summed E-state index contributed by atoms with van der Waals surface area (Å²) in [6.45, 7) is 11.5. The smallest absolute Gasteiger partial charge is 0.399 e. The summed E-state index contributed by atoms with van der Waals surface area (Å²) < 4.78 is 87.8. The van der Waals surface area contributed by atoms with Gasteiger partial charge in [0.1, 0.15) is 5.75 Å². The largest absolute Gasteiger partial charge is 0.495 e. The topological polar surface area (TPSA) is 96.0 Å². The Bertz CT molecular complexity index is 941. The molecule has 7 nitrogen and oxygen atoms in total. The minimum absolute atomic E-state index is 0.00211. The Morgan fingerprint density at radius 1 is 0.893 bits per heavy atom. The van der Waals surface area contributed by atoms with E-state index in [0.717, 1.165) is 0 Å². The first-order valence-electron chi connectivity index (χ1n) is 8.41. The Morgan fingerprint density at radius 2 is 1.36 bits per heavy atom. The number of hydrogen-bond donors (Lipinski definition) is 0. The molecule has 0 N–H and O–H groups in total. The molecule has 1 saturated heterocycles. The third-order valence-electron chi connectivity index (χ3n) is 5.38. The fourth-order valence-electron chi connectivity index (χ4n) is 3.19. The van der Waals surface area contributed by atoms with E-state index in [9.17, 15) is 24.6 Å². The summed E-state index contributed by atoms with van der Waals surface area (Å²) in [5, 5.41) is 0. The zero-order valence-electron chi connectivity index (χ0n) is 16.7. The van der Waals surface area contributed by atoms with Crippen molar-refractivity contribution in [3.05, 3.63) is 22.3 Å². The van der Waals surface area contributed by atoms with E-state index in [2.05, 4.69) is 4.18 Å². The van der Waals surface area contributed by atoms with Crippen LogP contribution in [-0.2, 0) is 35.8 Å². The predicted molar refractivity (Wildman–Crippen MR) is 101 cm³/mol. The fourth-order valence-corrected chi connectivity index (χ4v) is 4.42. The molecule has 1 aromatic carbocycles. The first-order chi connectivity index (χ1) is 12.4. The highest BCUT2D eigenvalue weighted by atomic mass is 32.3. The molecule has 0 spiro atoms. The second-order valence-corrected chi connectivity index (χ2v) is 10.2. The first-order valence-corrected chi connectivity index (χ1v) is 11.3. The van der Waals surface area contributed by atoms with Crippen molar-refractivity contribution < 1.29 is 38.1 Å². The van der Waals surface area contributed by atoms with E-state index in [4.69, 9.17) is 9.31 Å². The van der Waals surface area contributed by atoms with Gasteiger partial charge in [0.15, 0.2) is 5.75 Å². The van der Waals surface area contributed by atoms with Crippen molar-refractivity contribution in [3.63, 3.8) is 0 Å². The zero-order chi connectivity index (χ0) is 21.9. The second kappa shape index (κ2) is 6.93. The van der Waals surface area contributed by atoms with Gasteiger partial charge in [-0.3, -0.25) is 0 Å². The van der Waals surface area contributed by atoms with Crippen LogP contribution in [0.15, 0.2) is 0 Å². The molecule has 0 aliphatic carbocycles. The van der Waals surface area contributed by atoms with Gasteiger partial charge in [-0.25, -0.2) is 0 Å². The molecule has 0 amide bonds. The van der Waals surface area contributed by atoms with E-state index in [1.165, 1.54) is 20.8 Å². The molecule has 0 bridgehead atoms. The number of rotatable bonds is 5. The van der Waals surface area contributed by atoms with Crippen LogP contribution in [-0.4, -0.2) is 35.2 Å². The van der Waals surface area contributed by atoms with Crippen LogP contribution in [0.4, 0.5) is 7.77 Å². The molecule has 0 atom stereocenters. The molecule has 1 aromatic rings. The van der Waals surface area contributed by atoms with Crippen LogP contribution >= 0.6 is 0 Å².